The van der Waals surface area contributed by atoms with E-state index in [1.165, 1.54) is 107 Å². The molecule has 0 amide bonds. The number of hydrogen-bond donors (Lipinski definition) is 0. The van der Waals surface area contributed by atoms with Gasteiger partial charge in [-0.1, -0.05) is 127 Å². The highest BCUT2D eigenvalue weighted by atomic mass is 32.1. The zero-order valence-corrected chi connectivity index (χ0v) is 30.4. The van der Waals surface area contributed by atoms with Crippen LogP contribution in [0, 0.1) is 0 Å². The minimum Gasteiger partial charge on any atom is -0.309 e. The molecule has 0 aliphatic carbocycles. The average Bonchev–Trinajstić information content (AvgIpc) is 3.92. The van der Waals surface area contributed by atoms with E-state index < -0.39 is 0 Å². The van der Waals surface area contributed by atoms with Gasteiger partial charge in [-0.05, 0) is 92.3 Å². The van der Waals surface area contributed by atoms with Gasteiger partial charge in [0.05, 0.1) is 22.1 Å². The van der Waals surface area contributed by atoms with Gasteiger partial charge < -0.3 is 9.13 Å². The second-order valence-corrected chi connectivity index (χ2v) is 15.9. The molecule has 0 aliphatic heterocycles. The van der Waals surface area contributed by atoms with E-state index >= 15 is 0 Å². The van der Waals surface area contributed by atoms with Crippen molar-refractivity contribution in [3.8, 4) is 11.4 Å². The van der Waals surface area contributed by atoms with Gasteiger partial charge >= 0.3 is 0 Å². The van der Waals surface area contributed by atoms with Gasteiger partial charge in [0, 0.05) is 58.5 Å². The lowest BCUT2D eigenvalue weighted by molar-refractivity contribution is 1.15. The summed E-state index contributed by atoms with van der Waals surface area (Å²) in [4.78, 5) is 0. The molecule has 0 atom stereocenters. The lowest BCUT2D eigenvalue weighted by Gasteiger charge is -2.14. The topological polar surface area (TPSA) is 9.86 Å². The van der Waals surface area contributed by atoms with E-state index in [0.29, 0.717) is 0 Å². The highest BCUT2D eigenvalue weighted by molar-refractivity contribution is 7.26. The Kier molecular flexibility index (Phi) is 5.80. The third-order valence-corrected chi connectivity index (χ3v) is 13.2. The number of nitrogens with zero attached hydrogens (tertiary/aromatic N) is 2. The van der Waals surface area contributed by atoms with Gasteiger partial charge in [0.25, 0.3) is 0 Å². The zero-order valence-electron chi connectivity index (χ0n) is 29.6. The molecule has 0 saturated carbocycles. The number of fused-ring (bicyclic) bond motifs is 19. The minimum atomic E-state index is 1.15. The predicted octanol–water partition coefficient (Wildman–Crippen LogP) is 14.9. The molecule has 0 radical (unpaired) electrons. The second kappa shape index (κ2) is 10.8. The Morgan fingerprint density at radius 3 is 1.62 bits per heavy atom. The molecule has 0 aliphatic rings. The van der Waals surface area contributed by atoms with Crippen LogP contribution in [0.5, 0.6) is 0 Å². The first-order valence-corrected chi connectivity index (χ1v) is 19.8. The van der Waals surface area contributed by atoms with Crippen molar-refractivity contribution >= 4 is 118 Å². The lowest BCUT2D eigenvalue weighted by atomic mass is 9.93. The molecule has 0 spiro atoms. The third kappa shape index (κ3) is 3.87. The largest absolute Gasteiger partial charge is 0.309 e. The number of para-hydroxylation sites is 2. The van der Waals surface area contributed by atoms with Crippen LogP contribution in [-0.2, 0) is 0 Å². The standard InChI is InChI=1S/C52H30N2S/c1-2-12-34-31(11-1)21-26-42-48(34)35-13-3-4-14-38(35)52-51(42)40-16-6-9-19-44(40)54(52)33-24-22-32(23-25-33)53-43-18-8-5-15-39(43)49-36-28-30-47-50(37(36)27-29-45(49)53)41-17-7-10-20-46(41)55-47/h1-30H. The summed E-state index contributed by atoms with van der Waals surface area (Å²) < 4.78 is 7.61. The van der Waals surface area contributed by atoms with E-state index in [4.69, 9.17) is 0 Å². The monoisotopic (exact) mass is 714 g/mol. The zero-order chi connectivity index (χ0) is 35.8. The molecule has 0 N–H and O–H groups in total. The predicted molar refractivity (Wildman–Crippen MR) is 238 cm³/mol. The second-order valence-electron chi connectivity index (χ2n) is 14.8. The van der Waals surface area contributed by atoms with Gasteiger partial charge in [0.2, 0.25) is 0 Å². The highest BCUT2D eigenvalue weighted by Gasteiger charge is 2.21. The van der Waals surface area contributed by atoms with Gasteiger partial charge in [-0.25, -0.2) is 0 Å². The van der Waals surface area contributed by atoms with E-state index in [1.54, 1.807) is 0 Å². The number of rotatable bonds is 2. The minimum absolute atomic E-state index is 1.15. The van der Waals surface area contributed by atoms with Crippen LogP contribution < -0.4 is 0 Å². The van der Waals surface area contributed by atoms with Crippen molar-refractivity contribution in [3.63, 3.8) is 0 Å². The van der Waals surface area contributed by atoms with Crippen LogP contribution in [0.2, 0.25) is 0 Å². The van der Waals surface area contributed by atoms with E-state index in [9.17, 15) is 0 Å². The van der Waals surface area contributed by atoms with Gasteiger partial charge in [-0.2, -0.15) is 0 Å². The molecule has 13 rings (SSSR count). The first-order chi connectivity index (χ1) is 27.3. The summed E-state index contributed by atoms with van der Waals surface area (Å²) in [6, 6.07) is 67.6. The fraction of sp³-hybridized carbons (Fsp3) is 0. The van der Waals surface area contributed by atoms with Crippen LogP contribution in [-0.4, -0.2) is 9.13 Å². The van der Waals surface area contributed by atoms with Crippen LogP contribution in [0.1, 0.15) is 0 Å². The van der Waals surface area contributed by atoms with Gasteiger partial charge in [-0.3, -0.25) is 0 Å². The molecule has 254 valence electrons. The van der Waals surface area contributed by atoms with Gasteiger partial charge in [0.1, 0.15) is 0 Å². The summed E-state index contributed by atoms with van der Waals surface area (Å²) in [5.41, 5.74) is 7.21. The van der Waals surface area contributed by atoms with Crippen LogP contribution in [0.4, 0.5) is 0 Å². The average molecular weight is 715 g/mol. The van der Waals surface area contributed by atoms with Crippen molar-refractivity contribution < 1.29 is 0 Å². The molecule has 55 heavy (non-hydrogen) atoms. The molecule has 3 heterocycles. The molecule has 0 bridgehead atoms. The Labute approximate surface area is 319 Å². The van der Waals surface area contributed by atoms with Crippen LogP contribution in [0.15, 0.2) is 182 Å². The summed E-state index contributed by atoms with van der Waals surface area (Å²) in [6.07, 6.45) is 0. The Morgan fingerprint density at radius 1 is 0.273 bits per heavy atom. The van der Waals surface area contributed by atoms with Crippen LogP contribution >= 0.6 is 11.3 Å². The Bertz CT molecular complexity index is 3760. The van der Waals surface area contributed by atoms with Crippen molar-refractivity contribution in [1.82, 2.24) is 9.13 Å². The quantitative estimate of drug-likeness (QED) is 0.158. The first kappa shape index (κ1) is 29.5. The molecule has 0 unspecified atom stereocenters. The third-order valence-electron chi connectivity index (χ3n) is 12.1. The fourth-order valence-electron chi connectivity index (χ4n) is 9.84. The maximum absolute atomic E-state index is 2.49. The van der Waals surface area contributed by atoms with E-state index in [-0.39, 0.29) is 0 Å². The summed E-state index contributed by atoms with van der Waals surface area (Å²) in [5, 5.41) is 18.2. The number of benzene rings is 10. The van der Waals surface area contributed by atoms with Crippen molar-refractivity contribution in [2.24, 2.45) is 0 Å². The smallest absolute Gasteiger partial charge is 0.0625 e. The lowest BCUT2D eigenvalue weighted by Crippen LogP contribution is -1.98. The van der Waals surface area contributed by atoms with E-state index in [1.807, 2.05) is 11.3 Å². The van der Waals surface area contributed by atoms with Gasteiger partial charge in [0.15, 0.2) is 0 Å². The molecule has 3 heteroatoms. The highest BCUT2D eigenvalue weighted by Crippen LogP contribution is 2.46. The molecular weight excluding hydrogens is 685 g/mol. The fourth-order valence-corrected chi connectivity index (χ4v) is 11.0. The van der Waals surface area contributed by atoms with Crippen molar-refractivity contribution in [2.75, 3.05) is 0 Å². The Hall–Kier alpha value is -6.94. The molecule has 13 aromatic rings. The van der Waals surface area contributed by atoms with Crippen molar-refractivity contribution in [1.29, 1.82) is 0 Å². The van der Waals surface area contributed by atoms with E-state index in [0.717, 1.165) is 11.4 Å². The van der Waals surface area contributed by atoms with E-state index in [2.05, 4.69) is 191 Å². The maximum Gasteiger partial charge on any atom is 0.0625 e. The molecule has 3 aromatic heterocycles. The first-order valence-electron chi connectivity index (χ1n) is 18.9. The SMILES string of the molecule is c1ccc2c(c1)ccc1c2c2ccccc2c2c1c1ccccc1n2-c1ccc(-n2c3ccccc3c3c4ccc5sc6ccccc6c5c4ccc32)cc1. The summed E-state index contributed by atoms with van der Waals surface area (Å²) >= 11 is 1.88. The normalized spacial score (nSPS) is 12.4. The summed E-state index contributed by atoms with van der Waals surface area (Å²) in [7, 11) is 0. The number of hydrogen-bond acceptors (Lipinski definition) is 1. The number of aromatic nitrogens is 2. The van der Waals surface area contributed by atoms with Crippen molar-refractivity contribution in [2.45, 2.75) is 0 Å². The molecule has 0 saturated heterocycles. The number of thiophene rings is 1. The van der Waals surface area contributed by atoms with Crippen LogP contribution in [0.3, 0.4) is 0 Å². The van der Waals surface area contributed by atoms with Crippen molar-refractivity contribution in [3.05, 3.63) is 182 Å². The molecule has 0 fully saturated rings. The molecule has 10 aromatic carbocycles. The summed E-state index contributed by atoms with van der Waals surface area (Å²) in [5.74, 6) is 0. The Balaban J connectivity index is 1.07. The Morgan fingerprint density at radius 2 is 0.818 bits per heavy atom. The molecule has 2 nitrogen and oxygen atoms in total. The summed E-state index contributed by atoms with van der Waals surface area (Å²) in [6.45, 7) is 0. The van der Waals surface area contributed by atoms with Gasteiger partial charge in [-0.15, -0.1) is 11.3 Å². The molecular formula is C52H30N2S. The van der Waals surface area contributed by atoms with Crippen LogP contribution in [0.25, 0.3) is 118 Å². The maximum atomic E-state index is 2.49.